The zero-order valence-electron chi connectivity index (χ0n) is 13.8. The van der Waals surface area contributed by atoms with Crippen LogP contribution in [0.2, 0.25) is 0 Å². The highest BCUT2D eigenvalue weighted by Gasteiger charge is 2.34. The van der Waals surface area contributed by atoms with E-state index in [1.165, 1.54) is 0 Å². The van der Waals surface area contributed by atoms with Crippen LogP contribution < -0.4 is 9.64 Å². The van der Waals surface area contributed by atoms with Crippen LogP contribution in [-0.2, 0) is 16.0 Å². The van der Waals surface area contributed by atoms with E-state index in [2.05, 4.69) is 4.98 Å². The summed E-state index contributed by atoms with van der Waals surface area (Å²) in [6.07, 6.45) is 2.61. The van der Waals surface area contributed by atoms with E-state index < -0.39 is 6.10 Å². The first-order chi connectivity index (χ1) is 12.2. The minimum Gasteiger partial charge on any atom is -0.480 e. The molecule has 1 saturated heterocycles. The Labute approximate surface area is 146 Å². The van der Waals surface area contributed by atoms with Gasteiger partial charge in [-0.2, -0.15) is 0 Å². The van der Waals surface area contributed by atoms with Crippen LogP contribution in [0.4, 0.5) is 5.82 Å². The number of rotatable bonds is 2. The van der Waals surface area contributed by atoms with Crippen LogP contribution >= 0.6 is 0 Å². The molecule has 2 amide bonds. The van der Waals surface area contributed by atoms with Crippen molar-refractivity contribution >= 4 is 17.6 Å². The largest absolute Gasteiger partial charge is 0.480 e. The van der Waals surface area contributed by atoms with Crippen molar-refractivity contribution in [3.8, 4) is 5.75 Å². The maximum atomic E-state index is 12.8. The van der Waals surface area contributed by atoms with Gasteiger partial charge >= 0.3 is 0 Å². The number of para-hydroxylation sites is 1. The molecule has 6 heteroatoms. The Morgan fingerprint density at radius 1 is 1.12 bits per heavy atom. The highest BCUT2D eigenvalue weighted by molar-refractivity contribution is 5.97. The van der Waals surface area contributed by atoms with E-state index >= 15 is 0 Å². The number of nitrogens with zero attached hydrogens (tertiary/aromatic N) is 3. The minimum atomic E-state index is -0.510. The quantitative estimate of drug-likeness (QED) is 0.836. The van der Waals surface area contributed by atoms with Gasteiger partial charge in [0, 0.05) is 19.3 Å². The Bertz CT molecular complexity index is 794. The minimum absolute atomic E-state index is 0.0664. The summed E-state index contributed by atoms with van der Waals surface area (Å²) in [7, 11) is 0. The average molecular weight is 337 g/mol. The second-order valence-electron chi connectivity index (χ2n) is 6.25. The Balaban J connectivity index is 1.42. The van der Waals surface area contributed by atoms with Gasteiger partial charge in [0.1, 0.15) is 18.1 Å². The maximum absolute atomic E-state index is 12.8. The zero-order chi connectivity index (χ0) is 17.2. The number of anilines is 1. The Hall–Kier alpha value is -2.89. The summed E-state index contributed by atoms with van der Waals surface area (Å²) >= 11 is 0. The number of aryl methyl sites for hydroxylation is 1. The summed E-state index contributed by atoms with van der Waals surface area (Å²) in [5.74, 6) is 1.17. The van der Waals surface area contributed by atoms with E-state index in [0.717, 1.165) is 17.7 Å². The number of fused-ring (bicyclic) bond motifs is 1. The number of piperazine rings is 1. The van der Waals surface area contributed by atoms with Gasteiger partial charge in [0.25, 0.3) is 5.91 Å². The molecule has 2 aromatic rings. The van der Waals surface area contributed by atoms with E-state index in [-0.39, 0.29) is 18.4 Å². The Kier molecular flexibility index (Phi) is 4.09. The number of hydrogen-bond donors (Lipinski definition) is 0. The predicted octanol–water partition coefficient (Wildman–Crippen LogP) is 1.65. The van der Waals surface area contributed by atoms with Crippen LogP contribution in [0.1, 0.15) is 12.0 Å². The third kappa shape index (κ3) is 3.07. The molecule has 0 radical (unpaired) electrons. The lowest BCUT2D eigenvalue weighted by Gasteiger charge is -2.36. The molecule has 0 aliphatic carbocycles. The summed E-state index contributed by atoms with van der Waals surface area (Å²) in [4.78, 5) is 32.6. The number of amides is 2. The third-order valence-electron chi connectivity index (χ3n) is 4.65. The fourth-order valence-electron chi connectivity index (χ4n) is 3.32. The normalized spacial score (nSPS) is 20.0. The first-order valence-corrected chi connectivity index (χ1v) is 8.47. The van der Waals surface area contributed by atoms with E-state index in [0.29, 0.717) is 25.3 Å². The molecule has 0 bridgehead atoms. The van der Waals surface area contributed by atoms with Crippen molar-refractivity contribution in [2.24, 2.45) is 0 Å². The molecule has 2 aliphatic rings. The zero-order valence-corrected chi connectivity index (χ0v) is 13.8. The lowest BCUT2D eigenvalue weighted by atomic mass is 10.0. The lowest BCUT2D eigenvalue weighted by molar-refractivity contribution is -0.143. The van der Waals surface area contributed by atoms with E-state index in [1.54, 1.807) is 22.1 Å². The van der Waals surface area contributed by atoms with Gasteiger partial charge in [0.15, 0.2) is 6.10 Å². The average Bonchev–Trinajstić information content (AvgIpc) is 2.67. The number of hydrogen-bond acceptors (Lipinski definition) is 4. The summed E-state index contributed by atoms with van der Waals surface area (Å²) < 4.78 is 5.87. The standard InChI is InChI=1S/C19H19N3O3/c23-18-13-21(11-12-22(18)17-7-3-4-10-20-17)19(24)16-9-8-14-5-1-2-6-15(14)25-16/h1-7,10,16H,8-9,11-13H2. The van der Waals surface area contributed by atoms with Crippen molar-refractivity contribution in [3.63, 3.8) is 0 Å². The van der Waals surface area contributed by atoms with Crippen molar-refractivity contribution in [2.75, 3.05) is 24.5 Å². The molecule has 25 heavy (non-hydrogen) atoms. The van der Waals surface area contributed by atoms with Crippen molar-refractivity contribution in [1.82, 2.24) is 9.88 Å². The lowest BCUT2D eigenvalue weighted by Crippen LogP contribution is -2.55. The topological polar surface area (TPSA) is 62.7 Å². The van der Waals surface area contributed by atoms with Gasteiger partial charge in [-0.3, -0.25) is 14.5 Å². The van der Waals surface area contributed by atoms with Crippen molar-refractivity contribution in [2.45, 2.75) is 18.9 Å². The number of aromatic nitrogens is 1. The predicted molar refractivity (Wildman–Crippen MR) is 92.3 cm³/mol. The van der Waals surface area contributed by atoms with Crippen molar-refractivity contribution < 1.29 is 14.3 Å². The van der Waals surface area contributed by atoms with Gasteiger partial charge < -0.3 is 9.64 Å². The Morgan fingerprint density at radius 2 is 1.96 bits per heavy atom. The second kappa shape index (κ2) is 6.55. The van der Waals surface area contributed by atoms with Gasteiger partial charge in [-0.1, -0.05) is 24.3 Å². The van der Waals surface area contributed by atoms with Crippen LogP contribution in [0.5, 0.6) is 5.75 Å². The molecule has 2 aliphatic heterocycles. The molecular weight excluding hydrogens is 318 g/mol. The number of pyridine rings is 1. The molecule has 0 saturated carbocycles. The number of carbonyl (C=O) groups is 2. The van der Waals surface area contributed by atoms with E-state index in [9.17, 15) is 9.59 Å². The van der Waals surface area contributed by atoms with Crippen LogP contribution in [0.3, 0.4) is 0 Å². The number of ether oxygens (including phenoxy) is 1. The fraction of sp³-hybridized carbons (Fsp3) is 0.316. The van der Waals surface area contributed by atoms with Crippen LogP contribution in [-0.4, -0.2) is 47.4 Å². The summed E-state index contributed by atoms with van der Waals surface area (Å²) in [5.41, 5.74) is 1.13. The molecule has 1 aromatic heterocycles. The van der Waals surface area contributed by atoms with Crippen molar-refractivity contribution in [1.29, 1.82) is 0 Å². The van der Waals surface area contributed by atoms with Crippen LogP contribution in [0, 0.1) is 0 Å². The van der Waals surface area contributed by atoms with Crippen LogP contribution in [0.25, 0.3) is 0 Å². The summed E-state index contributed by atoms with van der Waals surface area (Å²) in [6.45, 7) is 1.00. The van der Waals surface area contributed by atoms with Gasteiger partial charge in [-0.25, -0.2) is 4.98 Å². The fourth-order valence-corrected chi connectivity index (χ4v) is 3.32. The molecule has 0 N–H and O–H groups in total. The molecule has 6 nitrogen and oxygen atoms in total. The first kappa shape index (κ1) is 15.6. The molecule has 1 aromatic carbocycles. The molecular formula is C19H19N3O3. The van der Waals surface area contributed by atoms with Gasteiger partial charge in [-0.15, -0.1) is 0 Å². The highest BCUT2D eigenvalue weighted by atomic mass is 16.5. The molecule has 4 rings (SSSR count). The van der Waals surface area contributed by atoms with E-state index in [4.69, 9.17) is 4.74 Å². The highest BCUT2D eigenvalue weighted by Crippen LogP contribution is 2.28. The number of benzene rings is 1. The van der Waals surface area contributed by atoms with Crippen molar-refractivity contribution in [3.05, 3.63) is 54.2 Å². The summed E-state index contributed by atoms with van der Waals surface area (Å²) in [5, 5.41) is 0. The molecule has 1 unspecified atom stereocenters. The van der Waals surface area contributed by atoms with Gasteiger partial charge in [-0.05, 0) is 36.6 Å². The van der Waals surface area contributed by atoms with E-state index in [1.807, 2.05) is 36.4 Å². The summed E-state index contributed by atoms with van der Waals surface area (Å²) in [6, 6.07) is 13.2. The first-order valence-electron chi connectivity index (χ1n) is 8.47. The van der Waals surface area contributed by atoms with Gasteiger partial charge in [0.2, 0.25) is 5.91 Å². The Morgan fingerprint density at radius 3 is 2.76 bits per heavy atom. The molecule has 1 atom stereocenters. The molecule has 128 valence electrons. The second-order valence-corrected chi connectivity index (χ2v) is 6.25. The maximum Gasteiger partial charge on any atom is 0.264 e. The molecule has 0 spiro atoms. The SMILES string of the molecule is O=C(C1CCc2ccccc2O1)N1CCN(c2ccccn2)C(=O)C1. The molecule has 3 heterocycles. The third-order valence-corrected chi connectivity index (χ3v) is 4.65. The van der Waals surface area contributed by atoms with Crippen LogP contribution in [0.15, 0.2) is 48.7 Å². The number of carbonyl (C=O) groups excluding carboxylic acids is 2. The smallest absolute Gasteiger partial charge is 0.264 e. The monoisotopic (exact) mass is 337 g/mol. The molecule has 1 fully saturated rings. The van der Waals surface area contributed by atoms with Gasteiger partial charge in [0.05, 0.1) is 0 Å².